The fourth-order valence-electron chi connectivity index (χ4n) is 0.566. The first-order valence-corrected chi connectivity index (χ1v) is 4.75. The lowest BCUT2D eigenvalue weighted by Gasteiger charge is -2.12. The first-order chi connectivity index (χ1) is 5.28. The maximum absolute atomic E-state index is 10.3. The highest BCUT2D eigenvalue weighted by atomic mass is 31.1. The molecule has 4 nitrogen and oxygen atoms in total. The van der Waals surface area contributed by atoms with E-state index in [-0.39, 0.29) is 16.9 Å². The SMILES string of the molecule is COC(CC(P=O)P=O)OC. The van der Waals surface area contributed by atoms with Crippen molar-refractivity contribution in [1.29, 1.82) is 0 Å². The smallest absolute Gasteiger partial charge is 0.171 e. The summed E-state index contributed by atoms with van der Waals surface area (Å²) in [6, 6.07) is 0. The molecule has 64 valence electrons. The minimum absolute atomic E-state index is 0.146. The molecule has 0 rings (SSSR count). The Bertz CT molecular complexity index is 118. The van der Waals surface area contributed by atoms with Crippen LogP contribution < -0.4 is 0 Å². The summed E-state index contributed by atoms with van der Waals surface area (Å²) < 4.78 is 30.2. The average molecular weight is 196 g/mol. The Morgan fingerprint density at radius 3 is 1.91 bits per heavy atom. The van der Waals surface area contributed by atoms with Crippen LogP contribution in [0.4, 0.5) is 0 Å². The van der Waals surface area contributed by atoms with Gasteiger partial charge in [-0.05, 0) is 0 Å². The Morgan fingerprint density at radius 1 is 1.18 bits per heavy atom. The van der Waals surface area contributed by atoms with Crippen LogP contribution in [0.25, 0.3) is 0 Å². The van der Waals surface area contributed by atoms with Gasteiger partial charge in [0.2, 0.25) is 0 Å². The van der Waals surface area contributed by atoms with E-state index < -0.39 is 11.7 Å². The van der Waals surface area contributed by atoms with Gasteiger partial charge < -0.3 is 9.47 Å². The molecule has 6 heteroatoms. The highest BCUT2D eigenvalue weighted by molar-refractivity contribution is 7.44. The van der Waals surface area contributed by atoms with Crippen LogP contribution in [-0.4, -0.2) is 25.9 Å². The Balaban J connectivity index is 3.76. The highest BCUT2D eigenvalue weighted by Gasteiger charge is 2.15. The summed E-state index contributed by atoms with van der Waals surface area (Å²) in [7, 11) is 2.67. The van der Waals surface area contributed by atoms with Gasteiger partial charge in [-0.2, -0.15) is 0 Å². The van der Waals surface area contributed by atoms with E-state index in [0.29, 0.717) is 6.42 Å². The summed E-state index contributed by atoms with van der Waals surface area (Å²) in [5.41, 5.74) is 0. The Hall–Kier alpha value is 0.120. The van der Waals surface area contributed by atoms with Gasteiger partial charge in [0.15, 0.2) is 23.2 Å². The molecule has 0 aliphatic carbocycles. The lowest BCUT2D eigenvalue weighted by atomic mass is 10.5. The zero-order valence-electron chi connectivity index (χ0n) is 6.39. The molecule has 0 bridgehead atoms. The fourth-order valence-corrected chi connectivity index (χ4v) is 1.24. The van der Waals surface area contributed by atoms with Crippen molar-refractivity contribution in [3.63, 3.8) is 0 Å². The number of hydrogen-bond donors (Lipinski definition) is 0. The van der Waals surface area contributed by atoms with Gasteiger partial charge in [-0.25, -0.2) is 0 Å². The second-order valence-corrected chi connectivity index (χ2v) is 3.90. The first kappa shape index (κ1) is 11.1. The molecule has 0 atom stereocenters. The minimum atomic E-state index is -0.431. The van der Waals surface area contributed by atoms with Crippen molar-refractivity contribution in [1.82, 2.24) is 0 Å². The molecular weight excluding hydrogens is 186 g/mol. The van der Waals surface area contributed by atoms with Gasteiger partial charge in [0.1, 0.15) is 5.40 Å². The van der Waals surface area contributed by atoms with Crippen LogP contribution in [0.5, 0.6) is 0 Å². The van der Waals surface area contributed by atoms with Crippen LogP contribution in [0.3, 0.4) is 0 Å². The van der Waals surface area contributed by atoms with Gasteiger partial charge in [-0.15, -0.1) is 0 Å². The molecule has 0 aromatic rings. The van der Waals surface area contributed by atoms with Crippen molar-refractivity contribution in [2.24, 2.45) is 0 Å². The third-order valence-corrected chi connectivity index (χ3v) is 2.65. The molecule has 11 heavy (non-hydrogen) atoms. The molecule has 0 spiro atoms. The lowest BCUT2D eigenvalue weighted by Crippen LogP contribution is -2.15. The van der Waals surface area contributed by atoms with Crippen molar-refractivity contribution in [3.8, 4) is 0 Å². The molecule has 0 aromatic heterocycles. The van der Waals surface area contributed by atoms with Crippen molar-refractivity contribution < 1.29 is 18.6 Å². The molecule has 0 aliphatic rings. The second-order valence-electron chi connectivity index (χ2n) is 1.83. The van der Waals surface area contributed by atoms with Crippen LogP contribution in [0, 0.1) is 0 Å². The Morgan fingerprint density at radius 2 is 1.64 bits per heavy atom. The highest BCUT2D eigenvalue weighted by Crippen LogP contribution is 2.24. The first-order valence-electron chi connectivity index (χ1n) is 2.99. The predicted octanol–water partition coefficient (Wildman–Crippen LogP) is 1.90. The molecule has 0 radical (unpaired) electrons. The van der Waals surface area contributed by atoms with Gasteiger partial charge in [-0.1, -0.05) is 0 Å². The molecule has 0 saturated heterocycles. The van der Waals surface area contributed by atoms with E-state index >= 15 is 0 Å². The summed E-state index contributed by atoms with van der Waals surface area (Å²) in [5.74, 6) is 0. The maximum Gasteiger partial charge on any atom is 0.171 e. The molecule has 0 heterocycles. The normalized spacial score (nSPS) is 14.5. The second kappa shape index (κ2) is 6.81. The fraction of sp³-hybridized carbons (Fsp3) is 1.00. The third kappa shape index (κ3) is 4.54. The standard InChI is InChI=1S/C5H10O4P2/c1-8-4(9-2)3-5(10-6)11-7/h4-5H,3H2,1-2H3. The monoisotopic (exact) mass is 196 g/mol. The van der Waals surface area contributed by atoms with E-state index in [1.807, 2.05) is 0 Å². The molecule has 0 aromatic carbocycles. The number of hydrogen-bond acceptors (Lipinski definition) is 4. The van der Waals surface area contributed by atoms with Gasteiger partial charge >= 0.3 is 0 Å². The van der Waals surface area contributed by atoms with Crippen LogP contribution in [0.1, 0.15) is 6.42 Å². The zero-order chi connectivity index (χ0) is 8.69. The van der Waals surface area contributed by atoms with E-state index in [0.717, 1.165) is 0 Å². The summed E-state index contributed by atoms with van der Waals surface area (Å²) in [6.45, 7) is 0. The van der Waals surface area contributed by atoms with Crippen LogP contribution in [0.15, 0.2) is 0 Å². The molecule has 0 saturated carbocycles. The maximum atomic E-state index is 10.3. The van der Waals surface area contributed by atoms with Crippen LogP contribution in [0.2, 0.25) is 0 Å². The molecular formula is C5H10O4P2. The molecule has 0 fully saturated rings. The molecule has 0 amide bonds. The largest absolute Gasteiger partial charge is 0.356 e. The summed E-state index contributed by atoms with van der Waals surface area (Å²) >= 11 is 0. The lowest BCUT2D eigenvalue weighted by molar-refractivity contribution is -0.103. The van der Waals surface area contributed by atoms with E-state index in [1.165, 1.54) is 14.2 Å². The molecule has 0 aliphatic heterocycles. The quantitative estimate of drug-likeness (QED) is 0.480. The topological polar surface area (TPSA) is 52.6 Å². The van der Waals surface area contributed by atoms with Gasteiger partial charge in [0.05, 0.1) is 0 Å². The summed E-state index contributed by atoms with van der Waals surface area (Å²) in [6.07, 6.45) is -0.0637. The van der Waals surface area contributed by atoms with Crippen LogP contribution in [-0.2, 0) is 18.6 Å². The van der Waals surface area contributed by atoms with Crippen molar-refractivity contribution in [2.75, 3.05) is 14.2 Å². The summed E-state index contributed by atoms with van der Waals surface area (Å²) in [5, 5.41) is -0.431. The summed E-state index contributed by atoms with van der Waals surface area (Å²) in [4.78, 5) is 0. The van der Waals surface area contributed by atoms with Gasteiger partial charge in [0, 0.05) is 20.6 Å². The minimum Gasteiger partial charge on any atom is -0.356 e. The number of methoxy groups -OCH3 is 2. The average Bonchev–Trinajstić information content (AvgIpc) is 2.07. The molecule has 0 unspecified atom stereocenters. The van der Waals surface area contributed by atoms with Gasteiger partial charge in [0.25, 0.3) is 0 Å². The number of ether oxygens (including phenoxy) is 2. The van der Waals surface area contributed by atoms with Crippen molar-refractivity contribution in [3.05, 3.63) is 0 Å². The van der Waals surface area contributed by atoms with Crippen molar-refractivity contribution >= 4 is 16.9 Å². The van der Waals surface area contributed by atoms with E-state index in [4.69, 9.17) is 9.47 Å². The van der Waals surface area contributed by atoms with E-state index in [1.54, 1.807) is 0 Å². The third-order valence-electron chi connectivity index (χ3n) is 1.17. The van der Waals surface area contributed by atoms with E-state index in [9.17, 15) is 9.13 Å². The Labute approximate surface area is 68.7 Å². The zero-order valence-corrected chi connectivity index (χ0v) is 8.18. The predicted molar refractivity (Wildman–Crippen MR) is 41.4 cm³/mol. The van der Waals surface area contributed by atoms with Crippen molar-refractivity contribution in [2.45, 2.75) is 18.1 Å². The van der Waals surface area contributed by atoms with Gasteiger partial charge in [-0.3, -0.25) is 9.13 Å². The van der Waals surface area contributed by atoms with Crippen LogP contribution >= 0.6 is 16.9 Å². The molecule has 0 N–H and O–H groups in total. The Kier molecular flexibility index (Phi) is 6.88. The van der Waals surface area contributed by atoms with E-state index in [2.05, 4.69) is 0 Å². The number of rotatable bonds is 6.